The van der Waals surface area contributed by atoms with Crippen LogP contribution in [0.3, 0.4) is 0 Å². The molecule has 5 rings (SSSR count). The van der Waals surface area contributed by atoms with Crippen molar-refractivity contribution in [3.05, 3.63) is 11.6 Å². The molecule has 0 saturated heterocycles. The van der Waals surface area contributed by atoms with Crippen LogP contribution in [0, 0.1) is 60.7 Å². The molecular weight excluding hydrogens is 394 g/mol. The second-order valence-electron chi connectivity index (χ2n) is 12.7. The van der Waals surface area contributed by atoms with Crippen LogP contribution in [0.15, 0.2) is 0 Å². The zero-order chi connectivity index (χ0) is 22.7. The molecule has 1 heterocycles. The van der Waals surface area contributed by atoms with Crippen LogP contribution in [-0.2, 0) is 6.54 Å². The Morgan fingerprint density at radius 1 is 1.03 bits per heavy atom. The van der Waals surface area contributed by atoms with E-state index < -0.39 is 0 Å². The van der Waals surface area contributed by atoms with Crippen molar-refractivity contribution < 1.29 is 5.11 Å². The summed E-state index contributed by atoms with van der Waals surface area (Å²) in [5.74, 6) is 7.94. The number of aryl methyl sites for hydroxylation is 2. The van der Waals surface area contributed by atoms with Gasteiger partial charge in [-0.25, -0.2) is 9.67 Å². The molecule has 0 aliphatic heterocycles. The maximum atomic E-state index is 11.1. The van der Waals surface area contributed by atoms with Crippen LogP contribution in [0.2, 0.25) is 0 Å². The standard InChI is InChI=1S/C28H47N3O/c1-6-13-28(32)15-12-22-21(16-28)7-8-24-23(22)11-14-27(5)25(9-10-26(24)27)18(2)17-31-20(4)29-19(3)30-31/h18,21-26,32H,6-17H2,1-5H3/t18-,21+,22+,23-,24-,25-,26+,27-,28-/m1/s1. The Morgan fingerprint density at radius 3 is 2.53 bits per heavy atom. The smallest absolute Gasteiger partial charge is 0.147 e. The van der Waals surface area contributed by atoms with Gasteiger partial charge in [0.1, 0.15) is 11.6 Å². The molecule has 4 aliphatic carbocycles. The number of aromatic nitrogens is 3. The normalized spacial score (nSPS) is 44.6. The van der Waals surface area contributed by atoms with Gasteiger partial charge in [0.25, 0.3) is 0 Å². The molecule has 9 atom stereocenters. The fourth-order valence-corrected chi connectivity index (χ4v) is 9.76. The summed E-state index contributed by atoms with van der Waals surface area (Å²) in [4.78, 5) is 4.54. The first kappa shape index (κ1) is 22.9. The summed E-state index contributed by atoms with van der Waals surface area (Å²) in [5.41, 5.74) is 0.159. The molecular formula is C28H47N3O. The number of hydrogen-bond donors (Lipinski definition) is 1. The molecule has 0 aromatic carbocycles. The Hall–Kier alpha value is -0.900. The maximum absolute atomic E-state index is 11.1. The van der Waals surface area contributed by atoms with E-state index in [0.717, 1.165) is 79.4 Å². The predicted octanol–water partition coefficient (Wildman–Crippen LogP) is 6.33. The largest absolute Gasteiger partial charge is 0.390 e. The molecule has 1 N–H and O–H groups in total. The number of hydrogen-bond acceptors (Lipinski definition) is 3. The van der Waals surface area contributed by atoms with Crippen LogP contribution < -0.4 is 0 Å². The first-order valence-electron chi connectivity index (χ1n) is 13.8. The summed E-state index contributed by atoms with van der Waals surface area (Å²) in [5, 5.41) is 15.8. The highest BCUT2D eigenvalue weighted by Gasteiger charge is 2.58. The molecule has 4 aliphatic rings. The van der Waals surface area contributed by atoms with Crippen molar-refractivity contribution in [2.75, 3.05) is 0 Å². The van der Waals surface area contributed by atoms with Crippen LogP contribution in [0.1, 0.15) is 103 Å². The predicted molar refractivity (Wildman–Crippen MR) is 129 cm³/mol. The maximum Gasteiger partial charge on any atom is 0.147 e. The van der Waals surface area contributed by atoms with Crippen LogP contribution in [0.5, 0.6) is 0 Å². The van der Waals surface area contributed by atoms with Crippen molar-refractivity contribution in [2.24, 2.45) is 46.8 Å². The van der Waals surface area contributed by atoms with Gasteiger partial charge in [0.05, 0.1) is 5.60 Å². The van der Waals surface area contributed by atoms with Gasteiger partial charge in [-0.3, -0.25) is 0 Å². The third kappa shape index (κ3) is 3.77. The number of fused-ring (bicyclic) bond motifs is 5. The van der Waals surface area contributed by atoms with Crippen LogP contribution in [-0.4, -0.2) is 25.5 Å². The molecule has 1 aromatic heterocycles. The molecule has 0 spiro atoms. The number of rotatable bonds is 5. The van der Waals surface area contributed by atoms with Gasteiger partial charge in [-0.05, 0) is 125 Å². The monoisotopic (exact) mass is 441 g/mol. The van der Waals surface area contributed by atoms with Gasteiger partial charge >= 0.3 is 0 Å². The fraction of sp³-hybridized carbons (Fsp3) is 0.929. The molecule has 4 nitrogen and oxygen atoms in total. The van der Waals surface area contributed by atoms with E-state index in [1.165, 1.54) is 44.9 Å². The Labute approximate surface area is 196 Å². The molecule has 32 heavy (non-hydrogen) atoms. The minimum Gasteiger partial charge on any atom is -0.390 e. The minimum absolute atomic E-state index is 0.350. The Bertz CT molecular complexity index is 820. The Balaban J connectivity index is 1.28. The second kappa shape index (κ2) is 8.40. The summed E-state index contributed by atoms with van der Waals surface area (Å²) < 4.78 is 2.16. The third-order valence-corrected chi connectivity index (χ3v) is 11.0. The van der Waals surface area contributed by atoms with Crippen molar-refractivity contribution >= 4 is 0 Å². The van der Waals surface area contributed by atoms with Crippen LogP contribution in [0.4, 0.5) is 0 Å². The van der Waals surface area contributed by atoms with Gasteiger partial charge in [0, 0.05) is 6.54 Å². The van der Waals surface area contributed by atoms with Gasteiger partial charge in [-0.1, -0.05) is 27.2 Å². The Kier molecular flexibility index (Phi) is 6.00. The molecule has 0 radical (unpaired) electrons. The molecule has 4 fully saturated rings. The number of aliphatic hydroxyl groups is 1. The van der Waals surface area contributed by atoms with Crippen LogP contribution in [0.25, 0.3) is 0 Å². The number of nitrogens with zero attached hydrogens (tertiary/aromatic N) is 3. The molecule has 0 bridgehead atoms. The van der Waals surface area contributed by atoms with E-state index in [1.807, 2.05) is 6.92 Å². The highest BCUT2D eigenvalue weighted by molar-refractivity contribution is 5.07. The summed E-state index contributed by atoms with van der Waals surface area (Å²) >= 11 is 0. The van der Waals surface area contributed by atoms with Crippen molar-refractivity contribution in [1.29, 1.82) is 0 Å². The minimum atomic E-state index is -0.350. The molecule has 180 valence electrons. The van der Waals surface area contributed by atoms with Crippen molar-refractivity contribution in [1.82, 2.24) is 14.8 Å². The van der Waals surface area contributed by atoms with E-state index in [-0.39, 0.29) is 5.60 Å². The topological polar surface area (TPSA) is 50.9 Å². The highest BCUT2D eigenvalue weighted by atomic mass is 16.3. The lowest BCUT2D eigenvalue weighted by Crippen LogP contribution is -2.51. The van der Waals surface area contributed by atoms with Crippen molar-refractivity contribution in [3.63, 3.8) is 0 Å². The second-order valence-corrected chi connectivity index (χ2v) is 12.7. The quantitative estimate of drug-likeness (QED) is 0.581. The van der Waals surface area contributed by atoms with Crippen LogP contribution >= 0.6 is 0 Å². The molecule has 0 amide bonds. The molecule has 4 saturated carbocycles. The zero-order valence-electron chi connectivity index (χ0n) is 21.3. The van der Waals surface area contributed by atoms with E-state index in [2.05, 4.69) is 42.5 Å². The first-order chi connectivity index (χ1) is 15.2. The summed E-state index contributed by atoms with van der Waals surface area (Å²) in [7, 11) is 0. The summed E-state index contributed by atoms with van der Waals surface area (Å²) in [6, 6.07) is 0. The van der Waals surface area contributed by atoms with Gasteiger partial charge < -0.3 is 5.11 Å². The fourth-order valence-electron chi connectivity index (χ4n) is 9.76. The van der Waals surface area contributed by atoms with E-state index >= 15 is 0 Å². The summed E-state index contributed by atoms with van der Waals surface area (Å²) in [6.45, 7) is 12.5. The molecule has 4 heteroatoms. The van der Waals surface area contributed by atoms with Crippen molar-refractivity contribution in [3.8, 4) is 0 Å². The average Bonchev–Trinajstić information content (AvgIpc) is 3.25. The average molecular weight is 442 g/mol. The van der Waals surface area contributed by atoms with E-state index in [0.29, 0.717) is 11.3 Å². The van der Waals surface area contributed by atoms with E-state index in [4.69, 9.17) is 0 Å². The van der Waals surface area contributed by atoms with E-state index in [1.54, 1.807) is 0 Å². The van der Waals surface area contributed by atoms with Gasteiger partial charge in [-0.2, -0.15) is 5.10 Å². The summed E-state index contributed by atoms with van der Waals surface area (Å²) in [6.07, 6.45) is 14.1. The Morgan fingerprint density at radius 2 is 1.81 bits per heavy atom. The van der Waals surface area contributed by atoms with Crippen molar-refractivity contribution in [2.45, 2.75) is 117 Å². The molecule has 0 unspecified atom stereocenters. The lowest BCUT2D eigenvalue weighted by atomic mass is 9.48. The lowest BCUT2D eigenvalue weighted by molar-refractivity contribution is -0.110. The zero-order valence-corrected chi connectivity index (χ0v) is 21.3. The van der Waals surface area contributed by atoms with E-state index in [9.17, 15) is 5.11 Å². The first-order valence-corrected chi connectivity index (χ1v) is 13.8. The molecule has 1 aromatic rings. The van der Waals surface area contributed by atoms with Gasteiger partial charge in [0.15, 0.2) is 0 Å². The third-order valence-electron chi connectivity index (χ3n) is 11.0. The van der Waals surface area contributed by atoms with Gasteiger partial charge in [0.2, 0.25) is 0 Å². The SMILES string of the molecule is CCC[C@@]1(O)CC[C@H]2[C@@H](CC[C@@H]3[C@@H]2CC[C@]2(C)[C@@H]([C@H](C)Cn4nc(C)nc4C)CC[C@@H]32)C1. The lowest BCUT2D eigenvalue weighted by Gasteiger charge is -2.57. The highest BCUT2D eigenvalue weighted by Crippen LogP contribution is 2.65. The van der Waals surface area contributed by atoms with Gasteiger partial charge in [-0.15, -0.1) is 0 Å².